The van der Waals surface area contributed by atoms with Crippen LogP contribution in [0.2, 0.25) is 5.02 Å². The van der Waals surface area contributed by atoms with Crippen LogP contribution in [-0.4, -0.2) is 88.0 Å². The molecule has 9 nitrogen and oxygen atoms in total. The van der Waals surface area contributed by atoms with Crippen molar-refractivity contribution in [2.24, 2.45) is 0 Å². The number of phenols is 1. The number of nitrogens with zero attached hydrogens (tertiary/aromatic N) is 5. The summed E-state index contributed by atoms with van der Waals surface area (Å²) >= 11 is 6.90. The van der Waals surface area contributed by atoms with Crippen molar-refractivity contribution in [1.82, 2.24) is 19.8 Å². The van der Waals surface area contributed by atoms with Crippen molar-refractivity contribution in [3.05, 3.63) is 53.3 Å². The predicted molar refractivity (Wildman–Crippen MR) is 184 cm³/mol. The molecular formula is C36H43ClFN5O4. The first-order valence-electron chi connectivity index (χ1n) is 16.3. The number of phenolic OH excluding ortho intramolecular Hbond substituents is 1. The molecule has 0 saturated carbocycles. The number of hydrogen-bond acceptors (Lipinski definition) is 8. The molecular weight excluding hydrogens is 621 g/mol. The lowest BCUT2D eigenvalue weighted by Gasteiger charge is -2.42. The zero-order chi connectivity index (χ0) is 33.6. The number of carbonyl (C=O) groups is 1. The van der Waals surface area contributed by atoms with Crippen molar-refractivity contribution in [3.8, 4) is 22.9 Å². The van der Waals surface area contributed by atoms with Gasteiger partial charge in [-0.2, -0.15) is 9.97 Å². The predicted octanol–water partition coefficient (Wildman–Crippen LogP) is 7.65. The van der Waals surface area contributed by atoms with Gasteiger partial charge in [-0.3, -0.25) is 4.90 Å². The lowest BCUT2D eigenvalue weighted by molar-refractivity contribution is 0.0122. The molecule has 2 saturated heterocycles. The number of anilines is 1. The van der Waals surface area contributed by atoms with Gasteiger partial charge >= 0.3 is 12.1 Å². The molecule has 0 spiro atoms. The largest absolute Gasteiger partial charge is 0.508 e. The van der Waals surface area contributed by atoms with Gasteiger partial charge in [0.15, 0.2) is 5.82 Å². The van der Waals surface area contributed by atoms with Gasteiger partial charge in [-0.05, 0) is 95.5 Å². The van der Waals surface area contributed by atoms with E-state index >= 15 is 4.39 Å². The van der Waals surface area contributed by atoms with Crippen molar-refractivity contribution >= 4 is 45.2 Å². The fourth-order valence-corrected chi connectivity index (χ4v) is 6.93. The molecule has 2 aliphatic rings. The maximum atomic E-state index is 16.9. The van der Waals surface area contributed by atoms with Crippen molar-refractivity contribution in [2.45, 2.75) is 77.6 Å². The first-order valence-corrected chi connectivity index (χ1v) is 16.7. The lowest BCUT2D eigenvalue weighted by atomic mass is 9.96. The van der Waals surface area contributed by atoms with Gasteiger partial charge in [-0.25, -0.2) is 9.18 Å². The zero-order valence-corrected chi connectivity index (χ0v) is 28.6. The van der Waals surface area contributed by atoms with Crippen LogP contribution in [0.25, 0.3) is 32.8 Å². The van der Waals surface area contributed by atoms with Gasteiger partial charge in [0.1, 0.15) is 22.7 Å². The van der Waals surface area contributed by atoms with Crippen LogP contribution >= 0.6 is 11.6 Å². The SMILES string of the molecule is CC(C)N(C)CCCOc1nc(N2C[C@H]3CC[C@@H](C2)N3C(=O)OC(C)(C)C)c2cc(Cl)c(-c3cc(O)cc4ccccc34)c(F)c2n1. The quantitative estimate of drug-likeness (QED) is 0.192. The molecule has 0 aliphatic carbocycles. The molecule has 3 heterocycles. The summed E-state index contributed by atoms with van der Waals surface area (Å²) in [6.45, 7) is 12.1. The van der Waals surface area contributed by atoms with Gasteiger partial charge in [-0.15, -0.1) is 0 Å². The van der Waals surface area contributed by atoms with E-state index in [1.54, 1.807) is 12.1 Å². The topological polar surface area (TPSA) is 91.3 Å². The number of carbonyl (C=O) groups excluding carboxylic acids is 1. The lowest BCUT2D eigenvalue weighted by Crippen LogP contribution is -2.57. The summed E-state index contributed by atoms with van der Waals surface area (Å²) in [6, 6.07) is 12.6. The first-order chi connectivity index (χ1) is 22.3. The average molecular weight is 664 g/mol. The van der Waals surface area contributed by atoms with Crippen LogP contribution in [-0.2, 0) is 4.74 Å². The van der Waals surface area contributed by atoms with Crippen LogP contribution in [0.4, 0.5) is 15.0 Å². The number of halogens is 2. The van der Waals surface area contributed by atoms with E-state index in [9.17, 15) is 9.90 Å². The third-order valence-electron chi connectivity index (χ3n) is 9.11. The molecule has 1 amide bonds. The number of fused-ring (bicyclic) bond motifs is 4. The van der Waals surface area contributed by atoms with E-state index in [0.29, 0.717) is 42.5 Å². The van der Waals surface area contributed by atoms with Gasteiger partial charge in [0.25, 0.3) is 0 Å². The maximum absolute atomic E-state index is 16.9. The highest BCUT2D eigenvalue weighted by molar-refractivity contribution is 6.35. The summed E-state index contributed by atoms with van der Waals surface area (Å²) in [5, 5.41) is 12.7. The molecule has 2 aliphatic heterocycles. The van der Waals surface area contributed by atoms with Crippen molar-refractivity contribution in [3.63, 3.8) is 0 Å². The number of rotatable bonds is 8. The van der Waals surface area contributed by atoms with E-state index < -0.39 is 11.4 Å². The summed E-state index contributed by atoms with van der Waals surface area (Å²) in [4.78, 5) is 28.7. The van der Waals surface area contributed by atoms with E-state index in [0.717, 1.165) is 36.6 Å². The molecule has 2 bridgehead atoms. The van der Waals surface area contributed by atoms with Crippen LogP contribution in [0, 0.1) is 5.82 Å². The Labute approximate surface area is 280 Å². The van der Waals surface area contributed by atoms with Gasteiger partial charge in [-0.1, -0.05) is 35.9 Å². The van der Waals surface area contributed by atoms with Crippen molar-refractivity contribution in [2.75, 3.05) is 38.2 Å². The summed E-state index contributed by atoms with van der Waals surface area (Å²) in [5.41, 5.74) is 0.0983. The highest BCUT2D eigenvalue weighted by atomic mass is 35.5. The average Bonchev–Trinajstić information content (AvgIpc) is 3.27. The Hall–Kier alpha value is -3.89. The number of aromatic nitrogens is 2. The molecule has 1 N–H and O–H groups in total. The minimum atomic E-state index is -0.619. The molecule has 4 aromatic rings. The number of ether oxygens (including phenoxy) is 2. The highest BCUT2D eigenvalue weighted by Crippen LogP contribution is 2.43. The molecule has 3 aromatic carbocycles. The van der Waals surface area contributed by atoms with E-state index in [1.807, 2.05) is 49.9 Å². The van der Waals surface area contributed by atoms with E-state index in [1.165, 1.54) is 6.07 Å². The Morgan fingerprint density at radius 2 is 1.81 bits per heavy atom. The van der Waals surface area contributed by atoms with E-state index in [-0.39, 0.29) is 46.0 Å². The van der Waals surface area contributed by atoms with Gasteiger partial charge in [0.05, 0.1) is 23.7 Å². The van der Waals surface area contributed by atoms with Gasteiger partial charge in [0, 0.05) is 36.6 Å². The number of benzene rings is 3. The molecule has 11 heteroatoms. The molecule has 6 rings (SSSR count). The fourth-order valence-electron chi connectivity index (χ4n) is 6.64. The molecule has 1 aromatic heterocycles. The van der Waals surface area contributed by atoms with Crippen LogP contribution in [0.5, 0.6) is 11.8 Å². The molecule has 47 heavy (non-hydrogen) atoms. The number of aromatic hydroxyl groups is 1. The molecule has 2 atom stereocenters. The fraction of sp³-hybridized carbons (Fsp3) is 0.472. The second kappa shape index (κ2) is 13.0. The van der Waals surface area contributed by atoms with E-state index in [4.69, 9.17) is 26.1 Å². The molecule has 2 fully saturated rings. The van der Waals surface area contributed by atoms with Crippen LogP contribution < -0.4 is 9.64 Å². The van der Waals surface area contributed by atoms with Crippen LogP contribution in [0.3, 0.4) is 0 Å². The minimum Gasteiger partial charge on any atom is -0.508 e. The zero-order valence-electron chi connectivity index (χ0n) is 27.9. The Morgan fingerprint density at radius 3 is 2.49 bits per heavy atom. The summed E-state index contributed by atoms with van der Waals surface area (Å²) in [7, 11) is 2.06. The minimum absolute atomic E-state index is 0.00589. The third kappa shape index (κ3) is 6.76. The van der Waals surface area contributed by atoms with E-state index in [2.05, 4.69) is 35.7 Å². The number of amides is 1. The monoisotopic (exact) mass is 663 g/mol. The number of piperazine rings is 1. The molecule has 0 radical (unpaired) electrons. The third-order valence-corrected chi connectivity index (χ3v) is 9.41. The van der Waals surface area contributed by atoms with Crippen molar-refractivity contribution in [1.29, 1.82) is 0 Å². The van der Waals surface area contributed by atoms with Crippen LogP contribution in [0.15, 0.2) is 42.5 Å². The second-order valence-electron chi connectivity index (χ2n) is 13.9. The summed E-state index contributed by atoms with van der Waals surface area (Å²) in [6.07, 6.45) is 2.10. The summed E-state index contributed by atoms with van der Waals surface area (Å²) in [5.74, 6) is -0.101. The molecule has 250 valence electrons. The second-order valence-corrected chi connectivity index (χ2v) is 14.3. The normalized spacial score (nSPS) is 18.2. The Kier molecular flexibility index (Phi) is 9.11. The summed E-state index contributed by atoms with van der Waals surface area (Å²) < 4.78 is 28.7. The number of hydrogen-bond donors (Lipinski definition) is 1. The Bertz CT molecular complexity index is 1800. The standard InChI is InChI=1S/C36H43ClFN5O4/c1-21(2)41(6)14-9-15-46-34-39-32-28(18-29(37)30(31(32)38)27-17-25(44)16-22-10-7-8-11-26(22)27)33(40-34)42-19-23-12-13-24(20-42)43(23)35(45)47-36(3,4)5/h7-8,10-11,16-18,21,23-24,44H,9,12-15,19-20H2,1-6H3/t23-,24+. The highest BCUT2D eigenvalue weighted by Gasteiger charge is 2.45. The Morgan fingerprint density at radius 1 is 1.11 bits per heavy atom. The van der Waals surface area contributed by atoms with Gasteiger partial charge in [0.2, 0.25) is 0 Å². The molecule has 0 unspecified atom stereocenters. The first kappa shape index (κ1) is 33.0. The Balaban J connectivity index is 1.41. The smallest absolute Gasteiger partial charge is 0.410 e. The van der Waals surface area contributed by atoms with Crippen molar-refractivity contribution < 1.29 is 23.8 Å². The maximum Gasteiger partial charge on any atom is 0.410 e. The van der Waals surface area contributed by atoms with Gasteiger partial charge < -0.3 is 24.4 Å². The van der Waals surface area contributed by atoms with Crippen LogP contribution in [0.1, 0.15) is 53.9 Å².